The van der Waals surface area contributed by atoms with Gasteiger partial charge in [0.1, 0.15) is 0 Å². The van der Waals surface area contributed by atoms with Gasteiger partial charge in [-0.2, -0.15) is 0 Å². The van der Waals surface area contributed by atoms with Crippen molar-refractivity contribution in [2.24, 2.45) is 0 Å². The first-order valence-electron chi connectivity index (χ1n) is 3.91. The Morgan fingerprint density at radius 1 is 1.54 bits per heavy atom. The first kappa shape index (κ1) is 9.44. The molecule has 0 spiro atoms. The summed E-state index contributed by atoms with van der Waals surface area (Å²) in [6.45, 7) is 2.75. The smallest absolute Gasteiger partial charge is 0.338 e. The maximum Gasteiger partial charge on any atom is 0.338 e. The average Bonchev–Trinajstić information content (AvgIpc) is 2.17. The molecule has 0 atom stereocenters. The number of hydrogen-bond donors (Lipinski definition) is 1. The Bertz CT molecular complexity index is 297. The number of carbonyl (C=O) groups is 1. The molecule has 0 saturated heterocycles. The van der Waals surface area contributed by atoms with Gasteiger partial charge in [-0.15, -0.1) is 0 Å². The molecular formula is C8H11N3O2. The fourth-order valence-electron chi connectivity index (χ4n) is 0.770. The molecule has 1 heterocycles. The number of rotatable bonds is 3. The van der Waals surface area contributed by atoms with Crippen LogP contribution in [-0.2, 0) is 0 Å². The summed E-state index contributed by atoms with van der Waals surface area (Å²) in [4.78, 5) is 20.1. The van der Waals surface area contributed by atoms with Gasteiger partial charge in [0.05, 0.1) is 5.56 Å². The number of aromatic carboxylic acids is 1. The predicted octanol–water partition coefficient (Wildman–Crippen LogP) is 0.631. The second-order valence-electron chi connectivity index (χ2n) is 2.59. The van der Waals surface area contributed by atoms with Crippen molar-refractivity contribution in [1.82, 2.24) is 9.97 Å². The summed E-state index contributed by atoms with van der Waals surface area (Å²) in [7, 11) is 1.84. The molecule has 1 aromatic heterocycles. The lowest BCUT2D eigenvalue weighted by Gasteiger charge is -2.13. The van der Waals surface area contributed by atoms with Crippen LogP contribution in [-0.4, -0.2) is 34.6 Å². The van der Waals surface area contributed by atoms with E-state index in [0.717, 1.165) is 6.54 Å². The van der Waals surface area contributed by atoms with Crippen LogP contribution < -0.4 is 4.90 Å². The van der Waals surface area contributed by atoms with Gasteiger partial charge in [-0.05, 0) is 6.92 Å². The SMILES string of the molecule is CCN(C)c1ncc(C(=O)O)cn1. The van der Waals surface area contributed by atoms with E-state index in [2.05, 4.69) is 9.97 Å². The van der Waals surface area contributed by atoms with E-state index in [-0.39, 0.29) is 5.56 Å². The first-order chi connectivity index (χ1) is 6.15. The molecule has 0 unspecified atom stereocenters. The van der Waals surface area contributed by atoms with Crippen LogP contribution in [0.3, 0.4) is 0 Å². The molecule has 70 valence electrons. The summed E-state index contributed by atoms with van der Waals surface area (Å²) < 4.78 is 0. The number of aromatic nitrogens is 2. The zero-order chi connectivity index (χ0) is 9.84. The third-order valence-corrected chi connectivity index (χ3v) is 1.70. The first-order valence-corrected chi connectivity index (χ1v) is 3.91. The highest BCUT2D eigenvalue weighted by molar-refractivity contribution is 5.86. The second-order valence-corrected chi connectivity index (χ2v) is 2.59. The van der Waals surface area contributed by atoms with E-state index in [1.54, 1.807) is 0 Å². The van der Waals surface area contributed by atoms with Gasteiger partial charge in [0.15, 0.2) is 0 Å². The number of carboxylic acids is 1. The fraction of sp³-hybridized carbons (Fsp3) is 0.375. The molecule has 0 fully saturated rings. The third kappa shape index (κ3) is 2.14. The van der Waals surface area contributed by atoms with Crippen LogP contribution in [0.5, 0.6) is 0 Å². The normalized spacial score (nSPS) is 9.69. The van der Waals surface area contributed by atoms with Crippen LogP contribution in [0.1, 0.15) is 17.3 Å². The minimum absolute atomic E-state index is 0.105. The molecule has 0 radical (unpaired) electrons. The van der Waals surface area contributed by atoms with E-state index in [1.807, 2.05) is 18.9 Å². The van der Waals surface area contributed by atoms with Gasteiger partial charge < -0.3 is 10.0 Å². The van der Waals surface area contributed by atoms with Gasteiger partial charge in [-0.3, -0.25) is 0 Å². The highest BCUT2D eigenvalue weighted by atomic mass is 16.4. The third-order valence-electron chi connectivity index (χ3n) is 1.70. The van der Waals surface area contributed by atoms with Crippen LogP contribution in [0, 0.1) is 0 Å². The minimum Gasteiger partial charge on any atom is -0.478 e. The van der Waals surface area contributed by atoms with Crippen molar-refractivity contribution in [3.8, 4) is 0 Å². The van der Waals surface area contributed by atoms with Gasteiger partial charge >= 0.3 is 5.97 Å². The second kappa shape index (κ2) is 3.84. The number of hydrogen-bond acceptors (Lipinski definition) is 4. The van der Waals surface area contributed by atoms with Crippen molar-refractivity contribution < 1.29 is 9.90 Å². The van der Waals surface area contributed by atoms with Gasteiger partial charge in [-0.25, -0.2) is 14.8 Å². The van der Waals surface area contributed by atoms with E-state index in [1.165, 1.54) is 12.4 Å². The lowest BCUT2D eigenvalue weighted by molar-refractivity contribution is 0.0696. The Balaban J connectivity index is 2.87. The zero-order valence-electron chi connectivity index (χ0n) is 7.56. The molecule has 0 aliphatic heterocycles. The lowest BCUT2D eigenvalue weighted by Crippen LogP contribution is -2.18. The van der Waals surface area contributed by atoms with E-state index >= 15 is 0 Å². The van der Waals surface area contributed by atoms with Gasteiger partial charge in [0.2, 0.25) is 5.95 Å². The van der Waals surface area contributed by atoms with E-state index < -0.39 is 5.97 Å². The van der Waals surface area contributed by atoms with Crippen molar-refractivity contribution in [3.05, 3.63) is 18.0 Å². The summed E-state index contributed by atoms with van der Waals surface area (Å²) in [5, 5.41) is 8.58. The molecule has 1 aromatic rings. The Hall–Kier alpha value is -1.65. The Morgan fingerprint density at radius 2 is 2.08 bits per heavy atom. The number of anilines is 1. The van der Waals surface area contributed by atoms with Crippen LogP contribution in [0.25, 0.3) is 0 Å². The Morgan fingerprint density at radius 3 is 2.46 bits per heavy atom. The van der Waals surface area contributed by atoms with Crippen molar-refractivity contribution >= 4 is 11.9 Å². The summed E-state index contributed by atoms with van der Waals surface area (Å²) in [6.07, 6.45) is 2.60. The fourth-order valence-corrected chi connectivity index (χ4v) is 0.770. The van der Waals surface area contributed by atoms with Crippen molar-refractivity contribution in [2.75, 3.05) is 18.5 Å². The minimum atomic E-state index is -1.01. The maximum absolute atomic E-state index is 10.5. The van der Waals surface area contributed by atoms with Gasteiger partial charge in [0, 0.05) is 26.0 Å². The highest BCUT2D eigenvalue weighted by Crippen LogP contribution is 2.03. The predicted molar refractivity (Wildman–Crippen MR) is 47.9 cm³/mol. The molecule has 0 bridgehead atoms. The average molecular weight is 181 g/mol. The molecule has 5 nitrogen and oxygen atoms in total. The van der Waals surface area contributed by atoms with Crippen molar-refractivity contribution in [3.63, 3.8) is 0 Å². The van der Waals surface area contributed by atoms with Crippen LogP contribution in [0.4, 0.5) is 5.95 Å². The van der Waals surface area contributed by atoms with Crippen LogP contribution in [0.2, 0.25) is 0 Å². The standard InChI is InChI=1S/C8H11N3O2/c1-3-11(2)8-9-4-6(5-10-8)7(12)13/h4-5H,3H2,1-2H3,(H,12,13). The molecule has 5 heteroatoms. The van der Waals surface area contributed by atoms with E-state index in [4.69, 9.17) is 5.11 Å². The molecule has 0 aromatic carbocycles. The molecule has 0 amide bonds. The summed E-state index contributed by atoms with van der Waals surface area (Å²) in [5.41, 5.74) is 0.105. The lowest BCUT2D eigenvalue weighted by atomic mass is 10.3. The highest BCUT2D eigenvalue weighted by Gasteiger charge is 2.05. The number of carboxylic acid groups (broad SMARTS) is 1. The number of nitrogens with zero attached hydrogens (tertiary/aromatic N) is 3. The Labute approximate surface area is 76.0 Å². The Kier molecular flexibility index (Phi) is 2.79. The largest absolute Gasteiger partial charge is 0.478 e. The van der Waals surface area contributed by atoms with E-state index in [0.29, 0.717) is 5.95 Å². The molecule has 1 N–H and O–H groups in total. The molecule has 0 saturated carbocycles. The topological polar surface area (TPSA) is 66.3 Å². The quantitative estimate of drug-likeness (QED) is 0.740. The monoisotopic (exact) mass is 181 g/mol. The molecular weight excluding hydrogens is 170 g/mol. The summed E-state index contributed by atoms with van der Waals surface area (Å²) in [5.74, 6) is -0.474. The molecule has 0 aliphatic carbocycles. The van der Waals surface area contributed by atoms with Crippen molar-refractivity contribution in [2.45, 2.75) is 6.92 Å². The summed E-state index contributed by atoms with van der Waals surface area (Å²) in [6, 6.07) is 0. The van der Waals surface area contributed by atoms with Gasteiger partial charge in [-0.1, -0.05) is 0 Å². The molecule has 13 heavy (non-hydrogen) atoms. The molecule has 0 aliphatic rings. The van der Waals surface area contributed by atoms with Crippen LogP contribution in [0.15, 0.2) is 12.4 Å². The van der Waals surface area contributed by atoms with Gasteiger partial charge in [0.25, 0.3) is 0 Å². The van der Waals surface area contributed by atoms with Crippen molar-refractivity contribution in [1.29, 1.82) is 0 Å². The maximum atomic E-state index is 10.5. The van der Waals surface area contributed by atoms with E-state index in [9.17, 15) is 4.79 Å². The van der Waals surface area contributed by atoms with Crippen LogP contribution >= 0.6 is 0 Å². The summed E-state index contributed by atoms with van der Waals surface area (Å²) >= 11 is 0. The zero-order valence-corrected chi connectivity index (χ0v) is 7.56. The molecule has 1 rings (SSSR count).